The van der Waals surface area contributed by atoms with Crippen molar-refractivity contribution in [3.05, 3.63) is 76.4 Å². The van der Waals surface area contributed by atoms with Crippen LogP contribution in [0.4, 0.5) is 11.5 Å². The average Bonchev–Trinajstić information content (AvgIpc) is 3.38. The smallest absolute Gasteiger partial charge is 0.159 e. The number of rotatable bonds is 6. The van der Waals surface area contributed by atoms with Gasteiger partial charge in [-0.15, -0.1) is 5.10 Å². The quantitative estimate of drug-likeness (QED) is 0.346. The van der Waals surface area contributed by atoms with E-state index in [0.29, 0.717) is 22.1 Å². The van der Waals surface area contributed by atoms with Crippen molar-refractivity contribution in [2.24, 2.45) is 0 Å². The molecule has 0 aliphatic carbocycles. The highest BCUT2D eigenvalue weighted by Gasteiger charge is 2.14. The number of pyridine rings is 1. The van der Waals surface area contributed by atoms with Gasteiger partial charge in [-0.05, 0) is 72.2 Å². The third-order valence-electron chi connectivity index (χ3n) is 5.17. The maximum Gasteiger partial charge on any atom is 0.159 e. The number of fused-ring (bicyclic) bond motifs is 1. The maximum atomic E-state index is 11.2. The second-order valence-corrected chi connectivity index (χ2v) is 8.36. The fourth-order valence-electron chi connectivity index (χ4n) is 3.57. The van der Waals surface area contributed by atoms with E-state index in [1.54, 1.807) is 11.0 Å². The molecule has 10 heteroatoms. The van der Waals surface area contributed by atoms with E-state index in [1.165, 1.54) is 0 Å². The first-order valence-electron chi connectivity index (χ1n) is 10.2. The van der Waals surface area contributed by atoms with Crippen LogP contribution in [0.3, 0.4) is 0 Å². The molecule has 4 aromatic heterocycles. The number of nitrogens with zero attached hydrogens (tertiary/aromatic N) is 7. The predicted molar refractivity (Wildman–Crippen MR) is 128 cm³/mol. The highest BCUT2D eigenvalue weighted by Crippen LogP contribution is 2.25. The van der Waals surface area contributed by atoms with Gasteiger partial charge in [0.2, 0.25) is 0 Å². The third-order valence-corrected chi connectivity index (χ3v) is 5.55. The number of aryl methyl sites for hydroxylation is 2. The predicted octanol–water partition coefficient (Wildman–Crippen LogP) is 4.26. The molecule has 0 saturated carbocycles. The Kier molecular flexibility index (Phi) is 5.43. The Labute approximate surface area is 197 Å². The molecule has 4 heterocycles. The summed E-state index contributed by atoms with van der Waals surface area (Å²) in [4.78, 5) is 20.6. The molecular formula is C23H19BrN8O. The number of imidazole rings is 1. The molecule has 5 rings (SSSR count). The van der Waals surface area contributed by atoms with Gasteiger partial charge in [-0.3, -0.25) is 4.57 Å². The fraction of sp³-hybridized carbons (Fsp3) is 0.130. The number of hydrogen-bond acceptors (Lipinski definition) is 7. The summed E-state index contributed by atoms with van der Waals surface area (Å²) >= 11 is 3.41. The summed E-state index contributed by atoms with van der Waals surface area (Å²) < 4.78 is 4.35. The first-order chi connectivity index (χ1) is 16.0. The minimum Gasteiger partial charge on any atom is -0.339 e. The second kappa shape index (κ2) is 8.55. The normalized spacial score (nSPS) is 11.1. The lowest BCUT2D eigenvalue weighted by Crippen LogP contribution is -2.09. The Balaban J connectivity index is 1.53. The lowest BCUT2D eigenvalue weighted by Gasteiger charge is -2.12. The number of benzene rings is 1. The number of carbonyl (C=O) groups is 1. The van der Waals surface area contributed by atoms with E-state index in [2.05, 4.69) is 41.5 Å². The molecule has 164 valence electrons. The molecule has 0 aliphatic rings. The van der Waals surface area contributed by atoms with E-state index < -0.39 is 0 Å². The molecule has 1 N–H and O–H groups in total. The second-order valence-electron chi connectivity index (χ2n) is 7.55. The minimum atomic E-state index is 0.251. The molecule has 0 saturated heterocycles. The molecule has 1 aromatic carbocycles. The van der Waals surface area contributed by atoms with Crippen molar-refractivity contribution >= 4 is 44.8 Å². The topological polar surface area (TPSA) is 103 Å². The SMILES string of the molecule is Cc1ccc(Nc2ccc3c(c2)ncn3-c2ccc(CC=O)c(-n3nc(Br)cc3C)n2)nn1. The molecule has 0 bridgehead atoms. The van der Waals surface area contributed by atoms with Crippen molar-refractivity contribution in [3.63, 3.8) is 0 Å². The highest BCUT2D eigenvalue weighted by atomic mass is 79.9. The van der Waals surface area contributed by atoms with Crippen LogP contribution in [0.2, 0.25) is 0 Å². The fourth-order valence-corrected chi connectivity index (χ4v) is 4.06. The van der Waals surface area contributed by atoms with Crippen molar-refractivity contribution < 1.29 is 4.79 Å². The minimum absolute atomic E-state index is 0.251. The Hall–Kier alpha value is -3.92. The van der Waals surface area contributed by atoms with Gasteiger partial charge >= 0.3 is 0 Å². The van der Waals surface area contributed by atoms with E-state index in [-0.39, 0.29) is 6.42 Å². The summed E-state index contributed by atoms with van der Waals surface area (Å²) in [6.45, 7) is 3.84. The highest BCUT2D eigenvalue weighted by molar-refractivity contribution is 9.10. The summed E-state index contributed by atoms with van der Waals surface area (Å²) in [5.74, 6) is 1.95. The van der Waals surface area contributed by atoms with Crippen molar-refractivity contribution in [1.82, 2.24) is 34.5 Å². The molecule has 33 heavy (non-hydrogen) atoms. The Morgan fingerprint density at radius 2 is 1.94 bits per heavy atom. The van der Waals surface area contributed by atoms with Crippen LogP contribution in [0.1, 0.15) is 17.0 Å². The Bertz CT molecular complexity index is 1470. The molecule has 0 spiro atoms. The van der Waals surface area contributed by atoms with Crippen molar-refractivity contribution in [2.45, 2.75) is 20.3 Å². The summed E-state index contributed by atoms with van der Waals surface area (Å²) in [7, 11) is 0. The molecule has 0 atom stereocenters. The van der Waals surface area contributed by atoms with Gasteiger partial charge in [0.15, 0.2) is 11.6 Å². The zero-order valence-electron chi connectivity index (χ0n) is 17.9. The third kappa shape index (κ3) is 4.12. The maximum absolute atomic E-state index is 11.2. The number of aldehydes is 1. The number of nitrogens with one attached hydrogen (secondary N) is 1. The van der Waals surface area contributed by atoms with Crippen LogP contribution < -0.4 is 5.32 Å². The van der Waals surface area contributed by atoms with Gasteiger partial charge in [-0.2, -0.15) is 10.2 Å². The number of carbonyl (C=O) groups excluding carboxylic acids is 1. The van der Waals surface area contributed by atoms with Crippen molar-refractivity contribution in [2.75, 3.05) is 5.32 Å². The molecule has 0 unspecified atom stereocenters. The molecule has 0 radical (unpaired) electrons. The first-order valence-corrected chi connectivity index (χ1v) is 11.0. The summed E-state index contributed by atoms with van der Waals surface area (Å²) in [6.07, 6.45) is 2.85. The van der Waals surface area contributed by atoms with Crippen molar-refractivity contribution in [3.8, 4) is 11.6 Å². The Morgan fingerprint density at radius 1 is 1.06 bits per heavy atom. The van der Waals surface area contributed by atoms with E-state index in [1.807, 2.05) is 66.9 Å². The summed E-state index contributed by atoms with van der Waals surface area (Å²) in [5, 5.41) is 15.9. The van der Waals surface area contributed by atoms with E-state index in [4.69, 9.17) is 4.98 Å². The van der Waals surface area contributed by atoms with Gasteiger partial charge < -0.3 is 10.1 Å². The number of hydrogen-bond donors (Lipinski definition) is 1. The summed E-state index contributed by atoms with van der Waals surface area (Å²) in [5.41, 5.74) is 5.12. The van der Waals surface area contributed by atoms with Crippen LogP contribution in [-0.2, 0) is 11.2 Å². The average molecular weight is 503 g/mol. The van der Waals surface area contributed by atoms with Gasteiger partial charge in [0.1, 0.15) is 23.0 Å². The summed E-state index contributed by atoms with van der Waals surface area (Å²) in [6, 6.07) is 15.3. The van der Waals surface area contributed by atoms with Gasteiger partial charge in [0, 0.05) is 23.4 Å². The van der Waals surface area contributed by atoms with Crippen LogP contribution in [0.5, 0.6) is 0 Å². The van der Waals surface area contributed by atoms with Gasteiger partial charge in [-0.1, -0.05) is 6.07 Å². The molecule has 0 amide bonds. The zero-order chi connectivity index (χ0) is 22.9. The van der Waals surface area contributed by atoms with Gasteiger partial charge in [-0.25, -0.2) is 14.6 Å². The standard InChI is InChI=1S/C23H19BrN8O/c1-14-3-7-21(29-28-14)26-17-5-6-19-18(12-17)25-13-31(19)22-8-4-16(9-10-33)23(27-22)32-15(2)11-20(24)30-32/h3-8,10-13H,9H2,1-2H3,(H,26,29). The van der Waals surface area contributed by atoms with Crippen molar-refractivity contribution in [1.29, 1.82) is 0 Å². The van der Waals surface area contributed by atoms with Crippen LogP contribution in [-0.4, -0.2) is 40.8 Å². The monoisotopic (exact) mass is 502 g/mol. The lowest BCUT2D eigenvalue weighted by molar-refractivity contribution is -0.107. The molecule has 9 nitrogen and oxygen atoms in total. The first kappa shape index (κ1) is 21.0. The van der Waals surface area contributed by atoms with Crippen LogP contribution in [0, 0.1) is 13.8 Å². The molecule has 0 fully saturated rings. The van der Waals surface area contributed by atoms with Gasteiger partial charge in [0.25, 0.3) is 0 Å². The van der Waals surface area contributed by atoms with Gasteiger partial charge in [0.05, 0.1) is 16.7 Å². The van der Waals surface area contributed by atoms with Crippen LogP contribution in [0.15, 0.2) is 59.5 Å². The zero-order valence-corrected chi connectivity index (χ0v) is 19.5. The lowest BCUT2D eigenvalue weighted by atomic mass is 10.2. The Morgan fingerprint density at radius 3 is 2.67 bits per heavy atom. The molecule has 5 aromatic rings. The van der Waals surface area contributed by atoms with Crippen LogP contribution in [0.25, 0.3) is 22.7 Å². The number of halogens is 1. The van der Waals surface area contributed by atoms with E-state index in [9.17, 15) is 4.79 Å². The number of anilines is 2. The van der Waals surface area contributed by atoms with E-state index in [0.717, 1.165) is 40.0 Å². The number of aromatic nitrogens is 7. The van der Waals surface area contributed by atoms with E-state index >= 15 is 0 Å². The van der Waals surface area contributed by atoms with Crippen LogP contribution >= 0.6 is 15.9 Å². The molecule has 0 aliphatic heterocycles. The molecular weight excluding hydrogens is 484 g/mol. The largest absolute Gasteiger partial charge is 0.339 e.